The van der Waals surface area contributed by atoms with Crippen LogP contribution < -0.4 is 10.6 Å². The first-order valence-corrected chi connectivity index (χ1v) is 9.42. The van der Waals surface area contributed by atoms with Crippen molar-refractivity contribution in [3.05, 3.63) is 65.4 Å². The summed E-state index contributed by atoms with van der Waals surface area (Å²) >= 11 is 0. The van der Waals surface area contributed by atoms with Crippen LogP contribution in [0.2, 0.25) is 0 Å². The van der Waals surface area contributed by atoms with Crippen LogP contribution in [0.1, 0.15) is 39.3 Å². The lowest BCUT2D eigenvalue weighted by Gasteiger charge is -2.13. The Hall–Kier alpha value is -3.12. The summed E-state index contributed by atoms with van der Waals surface area (Å²) in [6.07, 6.45) is 2.03. The number of para-hydroxylation sites is 2. The second kappa shape index (κ2) is 7.86. The molecule has 2 aromatic carbocycles. The highest BCUT2D eigenvalue weighted by Gasteiger charge is 2.21. The van der Waals surface area contributed by atoms with Crippen LogP contribution in [-0.2, 0) is 4.74 Å². The summed E-state index contributed by atoms with van der Waals surface area (Å²) in [4.78, 5) is 25.4. The second-order valence-corrected chi connectivity index (χ2v) is 6.90. The Morgan fingerprint density at radius 2 is 1.86 bits per heavy atom. The smallest absolute Gasteiger partial charge is 0.291 e. The SMILES string of the molecule is Cc1c(C(=O)Nc2ccccc2C(=O)NC[C@H]2CCCO2)oc2ccccc12. The molecule has 0 spiro atoms. The number of hydrogen-bond acceptors (Lipinski definition) is 4. The monoisotopic (exact) mass is 378 g/mol. The van der Waals surface area contributed by atoms with Crippen molar-refractivity contribution in [3.8, 4) is 0 Å². The zero-order chi connectivity index (χ0) is 19.5. The molecule has 0 aliphatic carbocycles. The van der Waals surface area contributed by atoms with Gasteiger partial charge in [0, 0.05) is 24.1 Å². The second-order valence-electron chi connectivity index (χ2n) is 6.90. The van der Waals surface area contributed by atoms with Crippen molar-refractivity contribution >= 4 is 28.5 Å². The minimum atomic E-state index is -0.381. The fourth-order valence-electron chi connectivity index (χ4n) is 3.47. The van der Waals surface area contributed by atoms with E-state index in [-0.39, 0.29) is 23.7 Å². The number of hydrogen-bond donors (Lipinski definition) is 2. The number of benzene rings is 2. The molecule has 1 saturated heterocycles. The van der Waals surface area contributed by atoms with Gasteiger partial charge in [-0.1, -0.05) is 30.3 Å². The van der Waals surface area contributed by atoms with Gasteiger partial charge in [0.05, 0.1) is 17.4 Å². The molecule has 2 N–H and O–H groups in total. The Morgan fingerprint density at radius 3 is 2.64 bits per heavy atom. The lowest BCUT2D eigenvalue weighted by atomic mass is 10.1. The predicted molar refractivity (Wildman–Crippen MR) is 107 cm³/mol. The third-order valence-electron chi connectivity index (χ3n) is 4.98. The Morgan fingerprint density at radius 1 is 1.07 bits per heavy atom. The van der Waals surface area contributed by atoms with Crippen molar-refractivity contribution in [1.82, 2.24) is 5.32 Å². The van der Waals surface area contributed by atoms with E-state index < -0.39 is 0 Å². The molecule has 1 atom stereocenters. The van der Waals surface area contributed by atoms with Crippen LogP contribution >= 0.6 is 0 Å². The molecule has 2 heterocycles. The van der Waals surface area contributed by atoms with E-state index in [4.69, 9.17) is 9.15 Å². The number of aryl methyl sites for hydroxylation is 1. The van der Waals surface area contributed by atoms with E-state index in [2.05, 4.69) is 10.6 Å². The maximum Gasteiger partial charge on any atom is 0.291 e. The van der Waals surface area contributed by atoms with E-state index in [0.29, 0.717) is 23.4 Å². The molecule has 1 aliphatic heterocycles. The van der Waals surface area contributed by atoms with Crippen molar-refractivity contribution < 1.29 is 18.7 Å². The predicted octanol–water partition coefficient (Wildman–Crippen LogP) is 3.90. The minimum Gasteiger partial charge on any atom is -0.451 e. The summed E-state index contributed by atoms with van der Waals surface area (Å²) in [7, 11) is 0. The molecule has 1 aliphatic rings. The van der Waals surface area contributed by atoms with Gasteiger partial charge >= 0.3 is 0 Å². The molecule has 2 amide bonds. The van der Waals surface area contributed by atoms with Gasteiger partial charge in [0.25, 0.3) is 11.8 Å². The number of amides is 2. The first-order valence-electron chi connectivity index (χ1n) is 9.42. The van der Waals surface area contributed by atoms with E-state index >= 15 is 0 Å². The molecule has 1 fully saturated rings. The summed E-state index contributed by atoms with van der Waals surface area (Å²) < 4.78 is 11.3. The van der Waals surface area contributed by atoms with Gasteiger partial charge in [0.1, 0.15) is 5.58 Å². The van der Waals surface area contributed by atoms with Gasteiger partial charge in [0.15, 0.2) is 5.76 Å². The van der Waals surface area contributed by atoms with Crippen molar-refractivity contribution in [2.24, 2.45) is 0 Å². The summed E-state index contributed by atoms with van der Waals surface area (Å²) in [5, 5.41) is 6.60. The van der Waals surface area contributed by atoms with E-state index in [1.54, 1.807) is 24.3 Å². The number of furan rings is 1. The lowest BCUT2D eigenvalue weighted by molar-refractivity contribution is 0.0858. The number of fused-ring (bicyclic) bond motifs is 1. The average Bonchev–Trinajstić information content (AvgIpc) is 3.35. The molecule has 0 bridgehead atoms. The van der Waals surface area contributed by atoms with Crippen molar-refractivity contribution in [3.63, 3.8) is 0 Å². The molecule has 0 unspecified atom stereocenters. The van der Waals surface area contributed by atoms with Crippen LogP contribution in [0.4, 0.5) is 5.69 Å². The molecule has 4 rings (SSSR count). The molecule has 6 heteroatoms. The van der Waals surface area contributed by atoms with Crippen molar-refractivity contribution in [2.75, 3.05) is 18.5 Å². The van der Waals surface area contributed by atoms with E-state index in [1.165, 1.54) is 0 Å². The van der Waals surface area contributed by atoms with E-state index in [9.17, 15) is 9.59 Å². The van der Waals surface area contributed by atoms with Crippen LogP contribution in [0.15, 0.2) is 52.9 Å². The third kappa shape index (κ3) is 3.64. The minimum absolute atomic E-state index is 0.0592. The largest absolute Gasteiger partial charge is 0.451 e. The highest BCUT2D eigenvalue weighted by Crippen LogP contribution is 2.26. The number of nitrogens with one attached hydrogen (secondary N) is 2. The number of anilines is 1. The van der Waals surface area contributed by atoms with Gasteiger partial charge in [-0.25, -0.2) is 0 Å². The average molecular weight is 378 g/mol. The zero-order valence-electron chi connectivity index (χ0n) is 15.7. The molecule has 0 radical (unpaired) electrons. The quantitative estimate of drug-likeness (QED) is 0.706. The summed E-state index contributed by atoms with van der Waals surface area (Å²) in [6, 6.07) is 14.4. The van der Waals surface area contributed by atoms with Crippen LogP contribution in [0.5, 0.6) is 0 Å². The van der Waals surface area contributed by atoms with Crippen LogP contribution in [0.3, 0.4) is 0 Å². The normalized spacial score (nSPS) is 16.2. The Labute approximate surface area is 162 Å². The standard InChI is InChI=1S/C22H22N2O4/c1-14-16-8-3-5-11-19(16)28-20(14)22(26)24-18-10-4-2-9-17(18)21(25)23-13-15-7-6-12-27-15/h2-5,8-11,15H,6-7,12-13H2,1H3,(H,23,25)(H,24,26)/t15-/m1/s1. The number of ether oxygens (including phenoxy) is 1. The van der Waals surface area contributed by atoms with Gasteiger partial charge in [-0.2, -0.15) is 0 Å². The third-order valence-corrected chi connectivity index (χ3v) is 4.98. The fourth-order valence-corrected chi connectivity index (χ4v) is 3.47. The summed E-state index contributed by atoms with van der Waals surface area (Å²) in [5.41, 5.74) is 2.28. The van der Waals surface area contributed by atoms with Crippen LogP contribution in [0, 0.1) is 6.92 Å². The number of carbonyl (C=O) groups excluding carboxylic acids is 2. The molecular formula is C22H22N2O4. The highest BCUT2D eigenvalue weighted by molar-refractivity contribution is 6.10. The first kappa shape index (κ1) is 18.3. The Balaban J connectivity index is 1.52. The summed E-state index contributed by atoms with van der Waals surface area (Å²) in [5.74, 6) is -0.378. The summed E-state index contributed by atoms with van der Waals surface area (Å²) in [6.45, 7) is 3.05. The van der Waals surface area contributed by atoms with Crippen molar-refractivity contribution in [1.29, 1.82) is 0 Å². The van der Waals surface area contributed by atoms with E-state index in [1.807, 2.05) is 31.2 Å². The fraction of sp³-hybridized carbons (Fsp3) is 0.273. The lowest BCUT2D eigenvalue weighted by Crippen LogP contribution is -2.32. The van der Waals surface area contributed by atoms with Crippen LogP contribution in [0.25, 0.3) is 11.0 Å². The Kier molecular flexibility index (Phi) is 5.12. The molecule has 1 aromatic heterocycles. The van der Waals surface area contributed by atoms with Gasteiger partial charge in [-0.15, -0.1) is 0 Å². The van der Waals surface area contributed by atoms with E-state index in [0.717, 1.165) is 30.4 Å². The maximum atomic E-state index is 12.8. The molecule has 0 saturated carbocycles. The molecule has 6 nitrogen and oxygen atoms in total. The molecule has 3 aromatic rings. The van der Waals surface area contributed by atoms with Gasteiger partial charge < -0.3 is 19.8 Å². The molecule has 144 valence electrons. The van der Waals surface area contributed by atoms with Crippen molar-refractivity contribution in [2.45, 2.75) is 25.9 Å². The van der Waals surface area contributed by atoms with Gasteiger partial charge in [-0.3, -0.25) is 9.59 Å². The van der Waals surface area contributed by atoms with Crippen LogP contribution in [-0.4, -0.2) is 31.1 Å². The highest BCUT2D eigenvalue weighted by atomic mass is 16.5. The zero-order valence-corrected chi connectivity index (χ0v) is 15.7. The number of carbonyl (C=O) groups is 2. The Bertz CT molecular complexity index is 1020. The molecule has 28 heavy (non-hydrogen) atoms. The van der Waals surface area contributed by atoms with Gasteiger partial charge in [0.2, 0.25) is 0 Å². The molecular weight excluding hydrogens is 356 g/mol. The topological polar surface area (TPSA) is 80.6 Å². The van der Waals surface area contributed by atoms with Gasteiger partial charge in [-0.05, 0) is 38.0 Å². The maximum absolute atomic E-state index is 12.8. The number of rotatable bonds is 5. The first-order chi connectivity index (χ1) is 13.6.